The van der Waals surface area contributed by atoms with Gasteiger partial charge >= 0.3 is 11.9 Å². The molecule has 6 nitrogen and oxygen atoms in total. The van der Waals surface area contributed by atoms with Crippen molar-refractivity contribution in [2.75, 3.05) is 39.4 Å². The molecular weight excluding hydrogens is 355 g/mol. The second-order valence-corrected chi connectivity index (χ2v) is 6.53. The van der Waals surface area contributed by atoms with Crippen LogP contribution in [-0.2, 0) is 19.1 Å². The second kappa shape index (κ2) is 9.22. The van der Waals surface area contributed by atoms with Gasteiger partial charge < -0.3 is 20.1 Å². The summed E-state index contributed by atoms with van der Waals surface area (Å²) in [6.45, 7) is 8.78. The number of nitrogens with one attached hydrogen (secondary N) is 2. The number of esters is 2. The van der Waals surface area contributed by atoms with Crippen LogP contribution in [0.2, 0.25) is 0 Å². The molecule has 2 saturated carbocycles. The van der Waals surface area contributed by atoms with Crippen LogP contribution in [0.5, 0.6) is 0 Å². The van der Waals surface area contributed by atoms with Crippen LogP contribution < -0.4 is 10.6 Å². The van der Waals surface area contributed by atoms with E-state index in [-0.39, 0.29) is 48.6 Å². The summed E-state index contributed by atoms with van der Waals surface area (Å²) in [4.78, 5) is 22.3. The van der Waals surface area contributed by atoms with E-state index in [4.69, 9.17) is 9.47 Å². The van der Waals surface area contributed by atoms with Crippen molar-refractivity contribution in [2.24, 2.45) is 35.5 Å². The van der Waals surface area contributed by atoms with Gasteiger partial charge in [-0.15, -0.1) is 24.8 Å². The summed E-state index contributed by atoms with van der Waals surface area (Å²) in [5.41, 5.74) is 0. The molecule has 6 atom stereocenters. The Morgan fingerprint density at radius 1 is 0.750 bits per heavy atom. The van der Waals surface area contributed by atoms with E-state index in [1.165, 1.54) is 0 Å². The standard InChI is InChI=1S/2C8H13NO2.2ClH/c2*1-2-11-8(10)7-5-3-9-4-6(5)7;;/h2*5-7,9H,2-4H2,1H3;2*1H/t2*5-,6+,7?;;. The van der Waals surface area contributed by atoms with E-state index >= 15 is 0 Å². The third-order valence-electron chi connectivity index (χ3n) is 5.30. The zero-order chi connectivity index (χ0) is 15.7. The van der Waals surface area contributed by atoms with Crippen LogP contribution in [0.15, 0.2) is 0 Å². The van der Waals surface area contributed by atoms with Crippen molar-refractivity contribution in [1.82, 2.24) is 10.6 Å². The van der Waals surface area contributed by atoms with Gasteiger partial charge in [0.1, 0.15) is 0 Å². The average molecular weight is 383 g/mol. The molecule has 0 aromatic rings. The van der Waals surface area contributed by atoms with Crippen LogP contribution in [-0.4, -0.2) is 51.3 Å². The molecule has 2 unspecified atom stereocenters. The fourth-order valence-electron chi connectivity index (χ4n) is 4.01. The Kier molecular flexibility index (Phi) is 8.26. The number of carbonyl (C=O) groups excluding carboxylic acids is 2. The van der Waals surface area contributed by atoms with Gasteiger partial charge in [-0.3, -0.25) is 9.59 Å². The van der Waals surface area contributed by atoms with Crippen molar-refractivity contribution in [3.63, 3.8) is 0 Å². The normalized spacial score (nSPS) is 36.6. The molecule has 2 aliphatic carbocycles. The van der Waals surface area contributed by atoms with Gasteiger partial charge in [0.15, 0.2) is 0 Å². The molecule has 4 aliphatic rings. The molecule has 2 N–H and O–H groups in total. The zero-order valence-electron chi connectivity index (χ0n) is 14.2. The summed E-state index contributed by atoms with van der Waals surface area (Å²) in [5.74, 6) is 2.87. The molecule has 0 bridgehead atoms. The molecule has 2 aliphatic heterocycles. The van der Waals surface area contributed by atoms with Crippen LogP contribution in [0.1, 0.15) is 13.8 Å². The Hall–Kier alpha value is -0.560. The van der Waals surface area contributed by atoms with Crippen molar-refractivity contribution >= 4 is 36.8 Å². The van der Waals surface area contributed by atoms with E-state index in [9.17, 15) is 9.59 Å². The number of rotatable bonds is 4. The Balaban J connectivity index is 0.000000222. The van der Waals surface area contributed by atoms with Gasteiger partial charge in [0.2, 0.25) is 0 Å². The third-order valence-corrected chi connectivity index (χ3v) is 5.30. The topological polar surface area (TPSA) is 76.7 Å². The molecule has 8 heteroatoms. The maximum atomic E-state index is 11.2. The Bertz CT molecular complexity index is 392. The number of hydrogen-bond acceptors (Lipinski definition) is 6. The van der Waals surface area contributed by atoms with Crippen molar-refractivity contribution in [3.8, 4) is 0 Å². The molecule has 24 heavy (non-hydrogen) atoms. The fourth-order valence-corrected chi connectivity index (χ4v) is 4.01. The lowest BCUT2D eigenvalue weighted by molar-refractivity contribution is -0.146. The van der Waals surface area contributed by atoms with Crippen molar-refractivity contribution in [3.05, 3.63) is 0 Å². The molecule has 0 radical (unpaired) electrons. The van der Waals surface area contributed by atoms with Crippen LogP contribution in [0, 0.1) is 35.5 Å². The van der Waals surface area contributed by atoms with Gasteiger partial charge in [-0.1, -0.05) is 0 Å². The first-order chi connectivity index (χ1) is 10.7. The molecule has 0 aromatic heterocycles. The number of carbonyl (C=O) groups is 2. The van der Waals surface area contributed by atoms with Gasteiger partial charge in [0.05, 0.1) is 25.0 Å². The van der Waals surface area contributed by atoms with Crippen molar-refractivity contribution < 1.29 is 19.1 Å². The summed E-state index contributed by atoms with van der Waals surface area (Å²) >= 11 is 0. The van der Waals surface area contributed by atoms with Crippen molar-refractivity contribution in [2.45, 2.75) is 13.8 Å². The van der Waals surface area contributed by atoms with E-state index in [0.29, 0.717) is 36.9 Å². The molecule has 0 aromatic carbocycles. The van der Waals surface area contributed by atoms with Gasteiger partial charge in [-0.05, 0) is 63.7 Å². The minimum atomic E-state index is 0. The van der Waals surface area contributed by atoms with Crippen molar-refractivity contribution in [1.29, 1.82) is 0 Å². The molecule has 4 fully saturated rings. The summed E-state index contributed by atoms with van der Waals surface area (Å²) < 4.78 is 9.87. The SMILES string of the molecule is CCOC(=O)C1[C@H]2CNC[C@@H]12.CCOC(=O)C1[C@H]2CNC[C@@H]12.Cl.Cl. The largest absolute Gasteiger partial charge is 0.466 e. The van der Waals surface area contributed by atoms with Gasteiger partial charge in [-0.2, -0.15) is 0 Å². The average Bonchev–Trinajstić information content (AvgIpc) is 3.21. The lowest BCUT2D eigenvalue weighted by Gasteiger charge is -2.03. The summed E-state index contributed by atoms with van der Waals surface area (Å²) in [6.07, 6.45) is 0. The van der Waals surface area contributed by atoms with E-state index in [2.05, 4.69) is 10.6 Å². The molecule has 0 amide bonds. The second-order valence-electron chi connectivity index (χ2n) is 6.53. The quantitative estimate of drug-likeness (QED) is 0.702. The number of piperidine rings is 2. The summed E-state index contributed by atoms with van der Waals surface area (Å²) in [5, 5.41) is 6.48. The van der Waals surface area contributed by atoms with E-state index in [0.717, 1.165) is 26.2 Å². The highest BCUT2D eigenvalue weighted by molar-refractivity contribution is 5.85. The first-order valence-electron chi connectivity index (χ1n) is 8.43. The zero-order valence-corrected chi connectivity index (χ0v) is 15.8. The molecule has 140 valence electrons. The molecule has 4 rings (SSSR count). The minimum Gasteiger partial charge on any atom is -0.466 e. The summed E-state index contributed by atoms with van der Waals surface area (Å²) in [6, 6.07) is 0. The van der Waals surface area contributed by atoms with E-state index < -0.39 is 0 Å². The first-order valence-corrected chi connectivity index (χ1v) is 8.43. The monoisotopic (exact) mass is 382 g/mol. The lowest BCUT2D eigenvalue weighted by Crippen LogP contribution is -2.20. The maximum Gasteiger partial charge on any atom is 0.309 e. The van der Waals surface area contributed by atoms with Crippen LogP contribution in [0.3, 0.4) is 0 Å². The highest BCUT2D eigenvalue weighted by Crippen LogP contribution is 2.49. The minimum absolute atomic E-state index is 0. The highest BCUT2D eigenvalue weighted by Gasteiger charge is 2.58. The molecule has 2 heterocycles. The highest BCUT2D eigenvalue weighted by atomic mass is 35.5. The van der Waals surface area contributed by atoms with Crippen LogP contribution in [0.25, 0.3) is 0 Å². The van der Waals surface area contributed by atoms with Gasteiger partial charge in [0.25, 0.3) is 0 Å². The Morgan fingerprint density at radius 2 is 1.04 bits per heavy atom. The van der Waals surface area contributed by atoms with Crippen LogP contribution >= 0.6 is 24.8 Å². The lowest BCUT2D eigenvalue weighted by atomic mass is 10.3. The third kappa shape index (κ3) is 4.34. The van der Waals surface area contributed by atoms with E-state index in [1.54, 1.807) is 0 Å². The predicted molar refractivity (Wildman–Crippen MR) is 94.4 cm³/mol. The number of halogens is 2. The van der Waals surface area contributed by atoms with Gasteiger partial charge in [-0.25, -0.2) is 0 Å². The fraction of sp³-hybridized carbons (Fsp3) is 0.875. The van der Waals surface area contributed by atoms with E-state index in [1.807, 2.05) is 13.8 Å². The molecule has 2 saturated heterocycles. The molecule has 0 spiro atoms. The smallest absolute Gasteiger partial charge is 0.309 e. The summed E-state index contributed by atoms with van der Waals surface area (Å²) in [7, 11) is 0. The Labute approximate surface area is 155 Å². The van der Waals surface area contributed by atoms with Crippen LogP contribution in [0.4, 0.5) is 0 Å². The first kappa shape index (κ1) is 21.5. The maximum absolute atomic E-state index is 11.2. The number of ether oxygens (including phenoxy) is 2. The van der Waals surface area contributed by atoms with Gasteiger partial charge in [0, 0.05) is 0 Å². The molecular formula is C16H28Cl2N2O4. The number of hydrogen-bond donors (Lipinski definition) is 2. The number of fused-ring (bicyclic) bond motifs is 2. The Morgan fingerprint density at radius 3 is 1.29 bits per heavy atom. The predicted octanol–water partition coefficient (Wildman–Crippen LogP) is 0.873.